The molecule has 1 aliphatic rings. The summed E-state index contributed by atoms with van der Waals surface area (Å²) in [6, 6.07) is 0. The van der Waals surface area contributed by atoms with E-state index in [4.69, 9.17) is 5.41 Å². The Hall–Kier alpha value is -0.990. The predicted molar refractivity (Wildman–Crippen MR) is 25.8 cm³/mol. The van der Waals surface area contributed by atoms with E-state index in [1.165, 1.54) is 6.21 Å². The summed E-state index contributed by atoms with van der Waals surface area (Å²) in [6.07, 6.45) is 1.86. The van der Waals surface area contributed by atoms with E-state index >= 15 is 0 Å². The Balaban J connectivity index is 2.81. The van der Waals surface area contributed by atoms with E-state index in [1.807, 2.05) is 0 Å². The molecule has 36 valence electrons. The Morgan fingerprint density at radius 3 is 2.71 bits per heavy atom. The van der Waals surface area contributed by atoms with Gasteiger partial charge in [0.1, 0.15) is 5.71 Å². The Morgan fingerprint density at radius 2 is 2.57 bits per heavy atom. The smallest absolute Gasteiger partial charge is 0.290 e. The Labute approximate surface area is 40.6 Å². The molecular weight excluding hydrogens is 92.1 g/mol. The topological polar surface area (TPSA) is 53.3 Å². The Kier molecular flexibility index (Phi) is 0.749. The summed E-state index contributed by atoms with van der Waals surface area (Å²) in [5.74, 6) is -0.389. The molecule has 3 heteroatoms. The van der Waals surface area contributed by atoms with Gasteiger partial charge in [-0.1, -0.05) is 0 Å². The van der Waals surface area contributed by atoms with Crippen LogP contribution >= 0.6 is 0 Å². The number of carbonyl (C=O) groups is 1. The van der Waals surface area contributed by atoms with Crippen molar-refractivity contribution in [3.63, 3.8) is 0 Å². The minimum Gasteiger partial charge on any atom is -0.299 e. The summed E-state index contributed by atoms with van der Waals surface area (Å²) in [5.41, 5.74) is 0.0972. The molecule has 0 aliphatic carbocycles. The van der Waals surface area contributed by atoms with Crippen LogP contribution in [0, 0.1) is 5.41 Å². The SMILES string of the molecule is N=C1CC=NC1=O. The van der Waals surface area contributed by atoms with Crippen LogP contribution in [-0.4, -0.2) is 17.8 Å². The highest BCUT2D eigenvalue weighted by molar-refractivity contribution is 6.44. The molecule has 0 saturated heterocycles. The molecule has 0 aromatic rings. The summed E-state index contributed by atoms with van der Waals surface area (Å²) in [5, 5.41) is 6.78. The lowest BCUT2D eigenvalue weighted by atomic mass is 10.3. The quantitative estimate of drug-likeness (QED) is 0.453. The van der Waals surface area contributed by atoms with E-state index < -0.39 is 0 Å². The molecule has 0 aromatic heterocycles. The largest absolute Gasteiger partial charge is 0.299 e. The molecule has 0 fully saturated rings. The number of rotatable bonds is 0. The van der Waals surface area contributed by atoms with Crippen LogP contribution in [0.4, 0.5) is 0 Å². The van der Waals surface area contributed by atoms with Crippen LogP contribution in [-0.2, 0) is 4.79 Å². The van der Waals surface area contributed by atoms with Crippen LogP contribution in [0.5, 0.6) is 0 Å². The van der Waals surface area contributed by atoms with Crippen molar-refractivity contribution in [2.45, 2.75) is 6.42 Å². The van der Waals surface area contributed by atoms with Crippen molar-refractivity contribution in [2.24, 2.45) is 4.99 Å². The highest BCUT2D eigenvalue weighted by atomic mass is 16.1. The van der Waals surface area contributed by atoms with E-state index in [2.05, 4.69) is 4.99 Å². The number of nitrogens with zero attached hydrogens (tertiary/aromatic N) is 1. The lowest BCUT2D eigenvalue weighted by Crippen LogP contribution is -2.00. The van der Waals surface area contributed by atoms with E-state index in [9.17, 15) is 4.79 Å². The van der Waals surface area contributed by atoms with Crippen molar-refractivity contribution in [3.8, 4) is 0 Å². The number of amides is 1. The van der Waals surface area contributed by atoms with Crippen LogP contribution in [0.25, 0.3) is 0 Å². The fourth-order valence-electron chi connectivity index (χ4n) is 0.385. The molecule has 0 aromatic carbocycles. The second kappa shape index (κ2) is 1.26. The number of hydrogen-bond acceptors (Lipinski definition) is 2. The number of hydrogen-bond donors (Lipinski definition) is 1. The van der Waals surface area contributed by atoms with Crippen molar-refractivity contribution >= 4 is 17.8 Å². The molecule has 0 unspecified atom stereocenters. The molecule has 0 bridgehead atoms. The molecule has 0 spiro atoms. The molecule has 1 rings (SSSR count). The maximum Gasteiger partial charge on any atom is 0.290 e. The van der Waals surface area contributed by atoms with Gasteiger partial charge in [0.2, 0.25) is 0 Å². The first-order valence-corrected chi connectivity index (χ1v) is 1.95. The fourth-order valence-corrected chi connectivity index (χ4v) is 0.385. The van der Waals surface area contributed by atoms with Crippen LogP contribution < -0.4 is 0 Å². The van der Waals surface area contributed by atoms with Gasteiger partial charge >= 0.3 is 0 Å². The summed E-state index contributed by atoms with van der Waals surface area (Å²) in [6.45, 7) is 0. The third-order valence-electron chi connectivity index (χ3n) is 0.762. The minimum absolute atomic E-state index is 0.0972. The van der Waals surface area contributed by atoms with Crippen molar-refractivity contribution in [1.29, 1.82) is 5.41 Å². The predicted octanol–water partition coefficient (Wildman–Crippen LogP) is 0.00727. The second-order valence-electron chi connectivity index (χ2n) is 1.30. The summed E-state index contributed by atoms with van der Waals surface area (Å²) < 4.78 is 0. The minimum atomic E-state index is -0.389. The average Bonchev–Trinajstić information content (AvgIpc) is 1.91. The molecule has 0 saturated carbocycles. The molecule has 1 aliphatic heterocycles. The molecular formula is C4H4N2O. The first-order chi connectivity index (χ1) is 3.30. The van der Waals surface area contributed by atoms with E-state index in [0.29, 0.717) is 6.42 Å². The fraction of sp³-hybridized carbons (Fsp3) is 0.250. The number of nitrogens with one attached hydrogen (secondary N) is 1. The normalized spacial score (nSPS) is 18.9. The van der Waals surface area contributed by atoms with Gasteiger partial charge < -0.3 is 0 Å². The van der Waals surface area contributed by atoms with E-state index in [-0.39, 0.29) is 11.6 Å². The van der Waals surface area contributed by atoms with Crippen LogP contribution in [0.3, 0.4) is 0 Å². The number of carbonyl (C=O) groups excluding carboxylic acids is 1. The third kappa shape index (κ3) is 0.559. The zero-order chi connectivity index (χ0) is 5.28. The first kappa shape index (κ1) is 4.18. The second-order valence-corrected chi connectivity index (χ2v) is 1.30. The van der Waals surface area contributed by atoms with Gasteiger partial charge in [0.05, 0.1) is 0 Å². The van der Waals surface area contributed by atoms with E-state index in [1.54, 1.807) is 0 Å². The zero-order valence-corrected chi connectivity index (χ0v) is 3.64. The maximum atomic E-state index is 10.2. The summed E-state index contributed by atoms with van der Waals surface area (Å²) in [4.78, 5) is 13.5. The Bertz CT molecular complexity index is 148. The van der Waals surface area contributed by atoms with Crippen LogP contribution in [0.1, 0.15) is 6.42 Å². The highest BCUT2D eigenvalue weighted by Crippen LogP contribution is 1.91. The molecule has 0 atom stereocenters. The molecule has 7 heavy (non-hydrogen) atoms. The van der Waals surface area contributed by atoms with Crippen LogP contribution in [0.2, 0.25) is 0 Å². The third-order valence-corrected chi connectivity index (χ3v) is 0.762. The molecule has 1 N–H and O–H groups in total. The summed E-state index contributed by atoms with van der Waals surface area (Å²) in [7, 11) is 0. The lowest BCUT2D eigenvalue weighted by molar-refractivity contribution is -0.111. The van der Waals surface area contributed by atoms with Gasteiger partial charge in [0.25, 0.3) is 5.91 Å². The standard InChI is InChI=1S/C4H4N2O/c5-3-1-2-6-4(3)7/h2,5H,1H2. The van der Waals surface area contributed by atoms with Crippen LogP contribution in [0.15, 0.2) is 4.99 Å². The highest BCUT2D eigenvalue weighted by Gasteiger charge is 2.10. The monoisotopic (exact) mass is 96.0 g/mol. The number of aliphatic imine (C=N–C) groups is 1. The zero-order valence-electron chi connectivity index (χ0n) is 3.64. The van der Waals surface area contributed by atoms with Crippen molar-refractivity contribution in [3.05, 3.63) is 0 Å². The van der Waals surface area contributed by atoms with Gasteiger partial charge in [-0.3, -0.25) is 10.2 Å². The van der Waals surface area contributed by atoms with Gasteiger partial charge in [-0.05, 0) is 0 Å². The molecule has 0 radical (unpaired) electrons. The van der Waals surface area contributed by atoms with Gasteiger partial charge in [0, 0.05) is 12.6 Å². The first-order valence-electron chi connectivity index (χ1n) is 1.95. The van der Waals surface area contributed by atoms with E-state index in [0.717, 1.165) is 0 Å². The van der Waals surface area contributed by atoms with Gasteiger partial charge in [-0.25, -0.2) is 4.99 Å². The van der Waals surface area contributed by atoms with Gasteiger partial charge in [-0.15, -0.1) is 0 Å². The van der Waals surface area contributed by atoms with Gasteiger partial charge in [-0.2, -0.15) is 0 Å². The molecule has 3 nitrogen and oxygen atoms in total. The summed E-state index contributed by atoms with van der Waals surface area (Å²) >= 11 is 0. The van der Waals surface area contributed by atoms with Crippen molar-refractivity contribution in [1.82, 2.24) is 0 Å². The average molecular weight is 96.1 g/mol. The Morgan fingerprint density at radius 1 is 1.86 bits per heavy atom. The van der Waals surface area contributed by atoms with Crippen molar-refractivity contribution < 1.29 is 4.79 Å². The van der Waals surface area contributed by atoms with Gasteiger partial charge in [0.15, 0.2) is 0 Å². The molecule has 1 heterocycles. The lowest BCUT2D eigenvalue weighted by Gasteiger charge is -1.76. The van der Waals surface area contributed by atoms with Crippen molar-refractivity contribution in [2.75, 3.05) is 0 Å². The molecule has 1 amide bonds. The maximum absolute atomic E-state index is 10.2.